The quantitative estimate of drug-likeness (QED) is 0.700. The molecule has 0 aliphatic rings. The number of anilines is 1. The number of hydrogen-bond acceptors (Lipinski definition) is 4. The summed E-state index contributed by atoms with van der Waals surface area (Å²) in [5.74, 6) is -0.244. The molecule has 5 nitrogen and oxygen atoms in total. The summed E-state index contributed by atoms with van der Waals surface area (Å²) in [5.41, 5.74) is 1.88. The van der Waals surface area contributed by atoms with Gasteiger partial charge in [-0.2, -0.15) is 0 Å². The fourth-order valence-corrected chi connectivity index (χ4v) is 2.73. The van der Waals surface area contributed by atoms with Crippen LogP contribution in [0.15, 0.2) is 46.9 Å². The van der Waals surface area contributed by atoms with Gasteiger partial charge in [-0.1, -0.05) is 25.1 Å². The van der Waals surface area contributed by atoms with E-state index < -0.39 is 5.97 Å². The van der Waals surface area contributed by atoms with Crippen LogP contribution in [0, 0.1) is 0 Å². The van der Waals surface area contributed by atoms with Crippen molar-refractivity contribution in [2.75, 3.05) is 18.5 Å². The second-order valence-corrected chi connectivity index (χ2v) is 6.08. The zero-order valence-electron chi connectivity index (χ0n) is 14.2. The molecule has 0 aliphatic carbocycles. The van der Waals surface area contributed by atoms with E-state index >= 15 is 0 Å². The number of halogens is 1. The third-order valence-electron chi connectivity index (χ3n) is 3.46. The molecule has 2 aromatic rings. The predicted octanol–water partition coefficient (Wildman–Crippen LogP) is 4.21. The lowest BCUT2D eigenvalue weighted by Crippen LogP contribution is -2.22. The van der Waals surface area contributed by atoms with Crippen molar-refractivity contribution in [2.45, 2.75) is 20.3 Å². The standard InChI is InChI=1S/C19H20BrNO4/c1-3-13-9-10-17(15(20)11-13)25-12-18(22)21-16-8-6-5-7-14(16)19(23)24-4-2/h5-11H,3-4,12H2,1-2H3,(H,21,22). The topological polar surface area (TPSA) is 64.6 Å². The molecule has 0 spiro atoms. The molecule has 132 valence electrons. The lowest BCUT2D eigenvalue weighted by Gasteiger charge is -2.12. The molecule has 0 radical (unpaired) electrons. The number of carbonyl (C=O) groups excluding carboxylic acids is 2. The summed E-state index contributed by atoms with van der Waals surface area (Å²) >= 11 is 3.43. The van der Waals surface area contributed by atoms with Crippen LogP contribution in [0.1, 0.15) is 29.8 Å². The van der Waals surface area contributed by atoms with Crippen molar-refractivity contribution in [1.29, 1.82) is 0 Å². The summed E-state index contributed by atoms with van der Waals surface area (Å²) in [6.07, 6.45) is 0.921. The molecule has 0 saturated heterocycles. The third-order valence-corrected chi connectivity index (χ3v) is 4.08. The van der Waals surface area contributed by atoms with Gasteiger partial charge in [-0.3, -0.25) is 4.79 Å². The number of carbonyl (C=O) groups is 2. The molecule has 1 N–H and O–H groups in total. The fraction of sp³-hybridized carbons (Fsp3) is 0.263. The van der Waals surface area contributed by atoms with Crippen LogP contribution in [0.4, 0.5) is 5.69 Å². The van der Waals surface area contributed by atoms with Gasteiger partial charge in [0.1, 0.15) is 5.75 Å². The Morgan fingerprint density at radius 3 is 2.56 bits per heavy atom. The first-order valence-electron chi connectivity index (χ1n) is 8.02. The molecule has 0 fully saturated rings. The van der Waals surface area contributed by atoms with Crippen molar-refractivity contribution in [3.8, 4) is 5.75 Å². The number of esters is 1. The number of para-hydroxylation sites is 1. The molecule has 0 heterocycles. The third kappa shape index (κ3) is 5.32. The number of ether oxygens (including phenoxy) is 2. The van der Waals surface area contributed by atoms with Gasteiger partial charge in [0.25, 0.3) is 5.91 Å². The highest BCUT2D eigenvalue weighted by atomic mass is 79.9. The normalized spacial score (nSPS) is 10.2. The molecule has 2 aromatic carbocycles. The summed E-state index contributed by atoms with van der Waals surface area (Å²) in [5, 5.41) is 2.68. The number of hydrogen-bond donors (Lipinski definition) is 1. The van der Waals surface area contributed by atoms with Gasteiger partial charge in [-0.15, -0.1) is 0 Å². The molecule has 0 aromatic heterocycles. The Kier molecular flexibility index (Phi) is 7.01. The van der Waals surface area contributed by atoms with Gasteiger partial charge in [0.05, 0.1) is 22.3 Å². The lowest BCUT2D eigenvalue weighted by molar-refractivity contribution is -0.118. The molecule has 0 bridgehead atoms. The van der Waals surface area contributed by atoms with Gasteiger partial charge in [-0.05, 0) is 59.1 Å². The van der Waals surface area contributed by atoms with Gasteiger partial charge in [0.2, 0.25) is 0 Å². The molecule has 1 amide bonds. The van der Waals surface area contributed by atoms with Crippen LogP contribution >= 0.6 is 15.9 Å². The number of rotatable bonds is 7. The van der Waals surface area contributed by atoms with Gasteiger partial charge >= 0.3 is 5.97 Å². The first-order chi connectivity index (χ1) is 12.0. The average Bonchev–Trinajstić information content (AvgIpc) is 2.61. The maximum Gasteiger partial charge on any atom is 0.340 e. The molecule has 0 aliphatic heterocycles. The second kappa shape index (κ2) is 9.22. The largest absolute Gasteiger partial charge is 0.483 e. The SMILES string of the molecule is CCOC(=O)c1ccccc1NC(=O)COc1ccc(CC)cc1Br. The second-order valence-electron chi connectivity index (χ2n) is 5.22. The van der Waals surface area contributed by atoms with E-state index in [1.807, 2.05) is 18.2 Å². The highest BCUT2D eigenvalue weighted by molar-refractivity contribution is 9.10. The summed E-state index contributed by atoms with van der Waals surface area (Å²) in [4.78, 5) is 24.1. The van der Waals surface area contributed by atoms with Gasteiger partial charge in [0, 0.05) is 0 Å². The molecular weight excluding hydrogens is 386 g/mol. The number of nitrogens with one attached hydrogen (secondary N) is 1. The van der Waals surface area contributed by atoms with Crippen molar-refractivity contribution in [1.82, 2.24) is 0 Å². The van der Waals surface area contributed by atoms with E-state index in [1.165, 1.54) is 5.56 Å². The number of aryl methyl sites for hydroxylation is 1. The van der Waals surface area contributed by atoms with Crippen LogP contribution in [0.25, 0.3) is 0 Å². The van der Waals surface area contributed by atoms with E-state index in [0.717, 1.165) is 10.9 Å². The first-order valence-corrected chi connectivity index (χ1v) is 8.81. The highest BCUT2D eigenvalue weighted by Crippen LogP contribution is 2.26. The van der Waals surface area contributed by atoms with E-state index in [2.05, 4.69) is 28.2 Å². The van der Waals surface area contributed by atoms with Crippen molar-refractivity contribution in [3.05, 3.63) is 58.1 Å². The Labute approximate surface area is 155 Å². The van der Waals surface area contributed by atoms with Crippen LogP contribution < -0.4 is 10.1 Å². The minimum atomic E-state index is -0.475. The molecule has 25 heavy (non-hydrogen) atoms. The monoisotopic (exact) mass is 405 g/mol. The first kappa shape index (κ1) is 19.0. The summed E-state index contributed by atoms with van der Waals surface area (Å²) in [6, 6.07) is 12.4. The van der Waals surface area contributed by atoms with Gasteiger partial charge in [0.15, 0.2) is 6.61 Å². The van der Waals surface area contributed by atoms with Crippen molar-refractivity contribution in [3.63, 3.8) is 0 Å². The minimum Gasteiger partial charge on any atom is -0.483 e. The van der Waals surface area contributed by atoms with Crippen LogP contribution in [0.2, 0.25) is 0 Å². The van der Waals surface area contributed by atoms with Crippen LogP contribution in [-0.2, 0) is 16.0 Å². The van der Waals surface area contributed by atoms with Crippen molar-refractivity contribution >= 4 is 33.5 Å². The van der Waals surface area contributed by atoms with E-state index in [0.29, 0.717) is 17.0 Å². The Balaban J connectivity index is 2.00. The van der Waals surface area contributed by atoms with Crippen molar-refractivity contribution in [2.24, 2.45) is 0 Å². The summed E-state index contributed by atoms with van der Waals surface area (Å²) < 4.78 is 11.3. The van der Waals surface area contributed by atoms with Gasteiger partial charge in [-0.25, -0.2) is 4.79 Å². The molecule has 0 atom stereocenters. The Bertz CT molecular complexity index is 761. The predicted molar refractivity (Wildman–Crippen MR) is 100 cm³/mol. The summed E-state index contributed by atoms with van der Waals surface area (Å²) in [6.45, 7) is 3.90. The fourth-order valence-electron chi connectivity index (χ4n) is 2.19. The maximum atomic E-state index is 12.1. The van der Waals surface area contributed by atoms with Crippen LogP contribution in [0.5, 0.6) is 5.75 Å². The summed E-state index contributed by atoms with van der Waals surface area (Å²) in [7, 11) is 0. The van der Waals surface area contributed by atoms with Gasteiger partial charge < -0.3 is 14.8 Å². The molecule has 0 saturated carbocycles. The maximum absolute atomic E-state index is 12.1. The lowest BCUT2D eigenvalue weighted by atomic mass is 10.2. The zero-order valence-corrected chi connectivity index (χ0v) is 15.8. The van der Waals surface area contributed by atoms with E-state index in [9.17, 15) is 9.59 Å². The average molecular weight is 406 g/mol. The Morgan fingerprint density at radius 1 is 1.12 bits per heavy atom. The smallest absolute Gasteiger partial charge is 0.340 e. The zero-order chi connectivity index (χ0) is 18.2. The Hall–Kier alpha value is -2.34. The van der Waals surface area contributed by atoms with E-state index in [1.54, 1.807) is 31.2 Å². The molecule has 6 heteroatoms. The minimum absolute atomic E-state index is 0.165. The molecule has 0 unspecified atom stereocenters. The number of benzene rings is 2. The van der Waals surface area contributed by atoms with Crippen molar-refractivity contribution < 1.29 is 19.1 Å². The van der Waals surface area contributed by atoms with Crippen LogP contribution in [0.3, 0.4) is 0 Å². The van der Waals surface area contributed by atoms with Crippen LogP contribution in [-0.4, -0.2) is 25.1 Å². The molecular formula is C19H20BrNO4. The highest BCUT2D eigenvalue weighted by Gasteiger charge is 2.14. The Morgan fingerprint density at radius 2 is 1.88 bits per heavy atom. The van der Waals surface area contributed by atoms with E-state index in [4.69, 9.17) is 9.47 Å². The van der Waals surface area contributed by atoms with E-state index in [-0.39, 0.29) is 19.1 Å². The number of amides is 1. The molecule has 2 rings (SSSR count).